The van der Waals surface area contributed by atoms with Crippen LogP contribution in [0.2, 0.25) is 0 Å². The van der Waals surface area contributed by atoms with Gasteiger partial charge in [-0.15, -0.1) is 0 Å². The molecule has 6 nitrogen and oxygen atoms in total. The predicted molar refractivity (Wildman–Crippen MR) is 97.2 cm³/mol. The lowest BCUT2D eigenvalue weighted by Gasteiger charge is -2.44. The molecule has 2 aliphatic rings. The zero-order valence-electron chi connectivity index (χ0n) is 15.9. The van der Waals surface area contributed by atoms with Crippen molar-refractivity contribution in [2.75, 3.05) is 13.2 Å². The second kappa shape index (κ2) is 7.64. The van der Waals surface area contributed by atoms with E-state index in [1.165, 1.54) is 32.6 Å². The smallest absolute Gasteiger partial charge is 0.355 e. The Kier molecular flexibility index (Phi) is 5.49. The molecule has 0 spiro atoms. The minimum Gasteiger partial charge on any atom is -0.451 e. The van der Waals surface area contributed by atoms with Gasteiger partial charge < -0.3 is 14.6 Å². The molecule has 3 rings (SSSR count). The van der Waals surface area contributed by atoms with Gasteiger partial charge in [-0.1, -0.05) is 12.8 Å². The molecule has 0 unspecified atom stereocenters. The Balaban J connectivity index is 1.63. The number of carbonyl (C=O) groups is 3. The number of carbonyl (C=O) groups excluding carboxylic acids is 3. The molecule has 1 aliphatic carbocycles. The highest BCUT2D eigenvalue weighted by atomic mass is 16.5. The average Bonchev–Trinajstić information content (AvgIpc) is 2.93. The first kappa shape index (κ1) is 18.7. The van der Waals surface area contributed by atoms with E-state index in [1.807, 2.05) is 4.90 Å². The number of hydrogen-bond acceptors (Lipinski definition) is 4. The number of hydrogen-bond donors (Lipinski definition) is 1. The topological polar surface area (TPSA) is 79.5 Å². The van der Waals surface area contributed by atoms with Crippen LogP contribution in [0.4, 0.5) is 0 Å². The van der Waals surface area contributed by atoms with Gasteiger partial charge in [0.2, 0.25) is 0 Å². The summed E-state index contributed by atoms with van der Waals surface area (Å²) in [4.78, 5) is 41.6. The number of esters is 1. The lowest BCUT2D eigenvalue weighted by atomic mass is 9.78. The first-order valence-electron chi connectivity index (χ1n) is 9.56. The molecule has 1 saturated carbocycles. The van der Waals surface area contributed by atoms with Crippen molar-refractivity contribution in [3.05, 3.63) is 22.5 Å². The van der Waals surface area contributed by atoms with Crippen LogP contribution in [0.25, 0.3) is 0 Å². The largest absolute Gasteiger partial charge is 0.451 e. The van der Waals surface area contributed by atoms with Crippen LogP contribution in [0.1, 0.15) is 77.6 Å². The summed E-state index contributed by atoms with van der Waals surface area (Å²) in [6.07, 6.45) is 6.90. The Morgan fingerprint density at radius 3 is 2.50 bits per heavy atom. The second-order valence-corrected chi connectivity index (χ2v) is 7.60. The Bertz CT molecular complexity index is 720. The van der Waals surface area contributed by atoms with E-state index in [9.17, 15) is 14.4 Å². The number of ether oxygens (including phenoxy) is 1. The van der Waals surface area contributed by atoms with Gasteiger partial charge in [0, 0.05) is 23.8 Å². The van der Waals surface area contributed by atoms with E-state index in [2.05, 4.69) is 4.98 Å². The Morgan fingerprint density at radius 2 is 1.81 bits per heavy atom. The van der Waals surface area contributed by atoms with Crippen LogP contribution in [0, 0.1) is 19.8 Å². The van der Waals surface area contributed by atoms with Gasteiger partial charge in [0.05, 0.1) is 0 Å². The number of rotatable bonds is 4. The molecule has 6 heteroatoms. The van der Waals surface area contributed by atoms with E-state index in [0.717, 1.165) is 19.4 Å². The van der Waals surface area contributed by atoms with Gasteiger partial charge >= 0.3 is 5.97 Å². The molecule has 1 amide bonds. The highest BCUT2D eigenvalue weighted by Crippen LogP contribution is 2.35. The number of aryl methyl sites for hydroxylation is 1. The zero-order valence-corrected chi connectivity index (χ0v) is 15.9. The van der Waals surface area contributed by atoms with Gasteiger partial charge in [-0.25, -0.2) is 4.79 Å². The minimum absolute atomic E-state index is 0.0944. The lowest BCUT2D eigenvalue weighted by Crippen LogP contribution is -2.50. The second-order valence-electron chi connectivity index (χ2n) is 7.60. The standard InChI is InChI=1S/C20H28N2O4/c1-12-18(14(3)23)13(2)21-19(12)20(25)26-11-17(24)22-10-6-8-15-7-4-5-9-16(15)22/h15-16,21H,4-11H2,1-3H3/t15-,16-/m0/s1. The van der Waals surface area contributed by atoms with Crippen molar-refractivity contribution >= 4 is 17.7 Å². The highest BCUT2D eigenvalue weighted by molar-refractivity contribution is 6.01. The molecular weight excluding hydrogens is 332 g/mol. The number of H-pyrrole nitrogens is 1. The SMILES string of the molecule is CC(=O)c1c(C)[nH]c(C(=O)OCC(=O)N2CCC[C@@H]3CCCC[C@@H]32)c1C. The molecule has 1 N–H and O–H groups in total. The molecule has 1 saturated heterocycles. The van der Waals surface area contributed by atoms with Crippen molar-refractivity contribution in [2.24, 2.45) is 5.92 Å². The van der Waals surface area contributed by atoms with Gasteiger partial charge in [-0.3, -0.25) is 9.59 Å². The summed E-state index contributed by atoms with van der Waals surface area (Å²) in [5.41, 5.74) is 2.01. The third-order valence-electron chi connectivity index (χ3n) is 5.88. The summed E-state index contributed by atoms with van der Waals surface area (Å²) in [7, 11) is 0. The van der Waals surface area contributed by atoms with E-state index in [1.54, 1.807) is 13.8 Å². The maximum absolute atomic E-state index is 12.6. The number of amides is 1. The van der Waals surface area contributed by atoms with Crippen LogP contribution >= 0.6 is 0 Å². The monoisotopic (exact) mass is 360 g/mol. The summed E-state index contributed by atoms with van der Waals surface area (Å²) in [5, 5.41) is 0. The van der Waals surface area contributed by atoms with Crippen molar-refractivity contribution in [1.29, 1.82) is 0 Å². The molecule has 142 valence electrons. The van der Waals surface area contributed by atoms with E-state index in [4.69, 9.17) is 4.74 Å². The predicted octanol–water partition coefficient (Wildman–Crippen LogP) is 3.17. The first-order valence-corrected chi connectivity index (χ1v) is 9.56. The van der Waals surface area contributed by atoms with E-state index >= 15 is 0 Å². The van der Waals surface area contributed by atoms with Crippen molar-refractivity contribution in [1.82, 2.24) is 9.88 Å². The number of aromatic nitrogens is 1. The number of piperidine rings is 1. The van der Waals surface area contributed by atoms with Gasteiger partial charge in [0.15, 0.2) is 12.4 Å². The van der Waals surface area contributed by atoms with Crippen LogP contribution in [0.5, 0.6) is 0 Å². The molecule has 2 heterocycles. The molecule has 0 aromatic carbocycles. The summed E-state index contributed by atoms with van der Waals surface area (Å²) < 4.78 is 5.28. The maximum Gasteiger partial charge on any atom is 0.355 e. The van der Waals surface area contributed by atoms with Crippen LogP contribution in [-0.2, 0) is 9.53 Å². The summed E-state index contributed by atoms with van der Waals surface area (Å²) in [5.74, 6) is -0.182. The summed E-state index contributed by atoms with van der Waals surface area (Å²) in [6, 6.07) is 0.308. The third kappa shape index (κ3) is 3.55. The quantitative estimate of drug-likeness (QED) is 0.661. The Hall–Kier alpha value is -2.11. The summed E-state index contributed by atoms with van der Waals surface area (Å²) in [6.45, 7) is 5.46. The van der Waals surface area contributed by atoms with E-state index in [-0.39, 0.29) is 24.0 Å². The number of ketones is 1. The molecule has 1 aromatic rings. The number of nitrogens with one attached hydrogen (secondary N) is 1. The number of aromatic amines is 1. The van der Waals surface area contributed by atoms with Crippen LogP contribution in [0.15, 0.2) is 0 Å². The molecule has 26 heavy (non-hydrogen) atoms. The third-order valence-corrected chi connectivity index (χ3v) is 5.88. The fraction of sp³-hybridized carbons (Fsp3) is 0.650. The minimum atomic E-state index is -0.580. The fourth-order valence-electron chi connectivity index (χ4n) is 4.70. The lowest BCUT2D eigenvalue weighted by molar-refractivity contribution is -0.140. The van der Waals surface area contributed by atoms with Gasteiger partial charge in [-0.05, 0) is 57.9 Å². The normalized spacial score (nSPS) is 22.7. The molecule has 1 aromatic heterocycles. The zero-order chi connectivity index (χ0) is 18.8. The number of nitrogens with zero attached hydrogens (tertiary/aromatic N) is 1. The number of fused-ring (bicyclic) bond motifs is 1. The highest BCUT2D eigenvalue weighted by Gasteiger charge is 2.36. The number of Topliss-reactive ketones (excluding diaryl/α,β-unsaturated/α-hetero) is 1. The molecule has 2 fully saturated rings. The van der Waals surface area contributed by atoms with Gasteiger partial charge in [0.1, 0.15) is 5.69 Å². The van der Waals surface area contributed by atoms with E-state index < -0.39 is 5.97 Å². The van der Waals surface area contributed by atoms with Crippen molar-refractivity contribution in [3.8, 4) is 0 Å². The molecule has 0 radical (unpaired) electrons. The summed E-state index contributed by atoms with van der Waals surface area (Å²) >= 11 is 0. The van der Waals surface area contributed by atoms with E-state index in [0.29, 0.717) is 28.8 Å². The fourth-order valence-corrected chi connectivity index (χ4v) is 4.70. The molecule has 0 bridgehead atoms. The molecule has 2 atom stereocenters. The molecular formula is C20H28N2O4. The molecule has 1 aliphatic heterocycles. The van der Waals surface area contributed by atoms with Gasteiger partial charge in [0.25, 0.3) is 5.91 Å². The van der Waals surface area contributed by atoms with Crippen LogP contribution in [-0.4, -0.2) is 46.7 Å². The Morgan fingerprint density at radius 1 is 1.12 bits per heavy atom. The maximum atomic E-state index is 12.6. The van der Waals surface area contributed by atoms with Crippen molar-refractivity contribution in [3.63, 3.8) is 0 Å². The van der Waals surface area contributed by atoms with Gasteiger partial charge in [-0.2, -0.15) is 0 Å². The number of likely N-dealkylation sites (tertiary alicyclic amines) is 1. The Labute approximate surface area is 154 Å². The van der Waals surface area contributed by atoms with Crippen LogP contribution < -0.4 is 0 Å². The van der Waals surface area contributed by atoms with Crippen molar-refractivity contribution < 1.29 is 19.1 Å². The first-order chi connectivity index (χ1) is 12.4. The van der Waals surface area contributed by atoms with Crippen LogP contribution in [0.3, 0.4) is 0 Å². The average molecular weight is 360 g/mol. The van der Waals surface area contributed by atoms with Crippen molar-refractivity contribution in [2.45, 2.75) is 65.3 Å².